The number of hydrogen-bond acceptors (Lipinski definition) is 6. The topological polar surface area (TPSA) is 99.2 Å². The van der Waals surface area contributed by atoms with Gasteiger partial charge in [-0.1, -0.05) is 20.8 Å². The highest BCUT2D eigenvalue weighted by molar-refractivity contribution is 5.81. The molecule has 24 heavy (non-hydrogen) atoms. The average molecular weight is 327 g/mol. The van der Waals surface area contributed by atoms with Crippen molar-refractivity contribution in [3.8, 4) is 6.07 Å². The van der Waals surface area contributed by atoms with Crippen LogP contribution < -0.4 is 10.2 Å². The van der Waals surface area contributed by atoms with Gasteiger partial charge in [0.1, 0.15) is 12.4 Å². The molecule has 1 amide bonds. The summed E-state index contributed by atoms with van der Waals surface area (Å²) in [5, 5.41) is 20.1. The molecule has 3 unspecified atom stereocenters. The van der Waals surface area contributed by atoms with E-state index in [0.717, 1.165) is 12.4 Å². The fraction of sp³-hybridized carbons (Fsp3) is 0.562. The number of nitriles is 1. The Morgan fingerprint density at radius 2 is 2.25 bits per heavy atom. The molecular formula is C16H21N7O. The molecule has 1 aliphatic rings. The lowest BCUT2D eigenvalue weighted by molar-refractivity contribution is -0.126. The number of carbonyl (C=O) groups is 1. The molecule has 0 aromatic carbocycles. The third-order valence-electron chi connectivity index (χ3n) is 4.55. The fourth-order valence-corrected chi connectivity index (χ4v) is 3.06. The van der Waals surface area contributed by atoms with Gasteiger partial charge in [-0.25, -0.2) is 4.98 Å². The Hall–Kier alpha value is -2.69. The van der Waals surface area contributed by atoms with Crippen molar-refractivity contribution >= 4 is 17.4 Å². The van der Waals surface area contributed by atoms with E-state index in [0.29, 0.717) is 12.2 Å². The number of carbonyl (C=O) groups excluding carboxylic acids is 1. The van der Waals surface area contributed by atoms with E-state index in [1.807, 2.05) is 25.2 Å². The van der Waals surface area contributed by atoms with Crippen LogP contribution in [-0.2, 0) is 4.79 Å². The third-order valence-corrected chi connectivity index (χ3v) is 4.55. The maximum absolute atomic E-state index is 12.6. The van der Waals surface area contributed by atoms with E-state index in [1.165, 1.54) is 0 Å². The summed E-state index contributed by atoms with van der Waals surface area (Å²) >= 11 is 0. The summed E-state index contributed by atoms with van der Waals surface area (Å²) in [5.74, 6) is 0.737. The Labute approximate surface area is 140 Å². The van der Waals surface area contributed by atoms with E-state index in [2.05, 4.69) is 31.5 Å². The summed E-state index contributed by atoms with van der Waals surface area (Å²) in [6, 6.07) is 1.69. The van der Waals surface area contributed by atoms with Gasteiger partial charge in [0.05, 0.1) is 12.0 Å². The highest BCUT2D eigenvalue weighted by Crippen LogP contribution is 2.29. The van der Waals surface area contributed by atoms with Crippen LogP contribution >= 0.6 is 0 Å². The number of amides is 1. The lowest BCUT2D eigenvalue weighted by atomic mass is 9.96. The van der Waals surface area contributed by atoms with Crippen molar-refractivity contribution in [2.24, 2.45) is 17.8 Å². The van der Waals surface area contributed by atoms with Crippen LogP contribution in [0.2, 0.25) is 0 Å². The van der Waals surface area contributed by atoms with Gasteiger partial charge in [0.2, 0.25) is 11.6 Å². The van der Waals surface area contributed by atoms with Gasteiger partial charge in [-0.05, 0) is 11.8 Å². The van der Waals surface area contributed by atoms with Crippen molar-refractivity contribution in [2.45, 2.75) is 26.8 Å². The Bertz CT molecular complexity index is 778. The summed E-state index contributed by atoms with van der Waals surface area (Å²) in [4.78, 5) is 19.1. The molecule has 1 fully saturated rings. The average Bonchev–Trinajstić information content (AvgIpc) is 3.18. The number of rotatable bonds is 4. The van der Waals surface area contributed by atoms with Crippen molar-refractivity contribution in [1.29, 1.82) is 5.26 Å². The van der Waals surface area contributed by atoms with E-state index in [9.17, 15) is 10.1 Å². The number of anilines is 1. The molecular weight excluding hydrogens is 306 g/mol. The molecule has 0 radical (unpaired) electrons. The lowest BCUT2D eigenvalue weighted by Crippen LogP contribution is -2.42. The maximum Gasteiger partial charge on any atom is 0.226 e. The first-order valence-corrected chi connectivity index (χ1v) is 8.10. The van der Waals surface area contributed by atoms with Crippen molar-refractivity contribution in [3.63, 3.8) is 0 Å². The van der Waals surface area contributed by atoms with Crippen molar-refractivity contribution in [3.05, 3.63) is 18.7 Å². The SMILES string of the molecule is CC(C)C(C#N)NC(=O)C1CN(c2nccn3cnnc23)CC1C. The van der Waals surface area contributed by atoms with Crippen molar-refractivity contribution in [1.82, 2.24) is 24.9 Å². The Balaban J connectivity index is 1.76. The maximum atomic E-state index is 12.6. The largest absolute Gasteiger partial charge is 0.352 e. The predicted octanol–water partition coefficient (Wildman–Crippen LogP) is 0.861. The van der Waals surface area contributed by atoms with Crippen LogP contribution in [-0.4, -0.2) is 44.6 Å². The second kappa shape index (κ2) is 6.43. The molecule has 8 heteroatoms. The standard InChI is InChI=1S/C16H21N7O/c1-10(2)13(6-17)20-16(24)12-8-23(7-11(12)3)14-15-21-19-9-22(15)5-4-18-14/h4-5,9-13H,7-8H2,1-3H3,(H,20,24). The molecule has 0 spiro atoms. The molecule has 8 nitrogen and oxygen atoms in total. The van der Waals surface area contributed by atoms with Gasteiger partial charge in [0.15, 0.2) is 5.82 Å². The third kappa shape index (κ3) is 2.89. The molecule has 3 heterocycles. The number of nitrogens with zero attached hydrogens (tertiary/aromatic N) is 6. The Kier molecular flexibility index (Phi) is 4.34. The highest BCUT2D eigenvalue weighted by atomic mass is 16.2. The van der Waals surface area contributed by atoms with Crippen LogP contribution in [0.25, 0.3) is 5.65 Å². The molecule has 3 rings (SSSR count). The van der Waals surface area contributed by atoms with Crippen LogP contribution in [0, 0.1) is 29.1 Å². The van der Waals surface area contributed by atoms with Gasteiger partial charge in [0.25, 0.3) is 0 Å². The van der Waals surface area contributed by atoms with Gasteiger partial charge in [0, 0.05) is 25.5 Å². The van der Waals surface area contributed by atoms with Crippen LogP contribution in [0.3, 0.4) is 0 Å². The number of fused-ring (bicyclic) bond motifs is 1. The van der Waals surface area contributed by atoms with Gasteiger partial charge in [-0.2, -0.15) is 5.26 Å². The van der Waals surface area contributed by atoms with E-state index in [-0.39, 0.29) is 23.7 Å². The first kappa shape index (κ1) is 16.2. The molecule has 1 aliphatic heterocycles. The smallest absolute Gasteiger partial charge is 0.226 e. The zero-order valence-electron chi connectivity index (χ0n) is 14.0. The van der Waals surface area contributed by atoms with E-state index < -0.39 is 6.04 Å². The van der Waals surface area contributed by atoms with Gasteiger partial charge in [-0.3, -0.25) is 9.20 Å². The summed E-state index contributed by atoms with van der Waals surface area (Å²) < 4.78 is 1.81. The van der Waals surface area contributed by atoms with Crippen LogP contribution in [0.15, 0.2) is 18.7 Å². The Morgan fingerprint density at radius 3 is 2.96 bits per heavy atom. The van der Waals surface area contributed by atoms with Crippen molar-refractivity contribution in [2.75, 3.05) is 18.0 Å². The van der Waals surface area contributed by atoms with E-state index in [1.54, 1.807) is 18.7 Å². The zero-order chi connectivity index (χ0) is 17.3. The zero-order valence-corrected chi connectivity index (χ0v) is 14.0. The quantitative estimate of drug-likeness (QED) is 0.894. The van der Waals surface area contributed by atoms with Crippen LogP contribution in [0.4, 0.5) is 5.82 Å². The van der Waals surface area contributed by atoms with Gasteiger partial charge >= 0.3 is 0 Å². The number of nitrogens with one attached hydrogen (secondary N) is 1. The van der Waals surface area contributed by atoms with E-state index in [4.69, 9.17) is 0 Å². The molecule has 0 saturated carbocycles. The minimum Gasteiger partial charge on any atom is -0.352 e. The van der Waals surface area contributed by atoms with Crippen LogP contribution in [0.5, 0.6) is 0 Å². The molecule has 0 aliphatic carbocycles. The second-order valence-electron chi connectivity index (χ2n) is 6.66. The van der Waals surface area contributed by atoms with E-state index >= 15 is 0 Å². The summed E-state index contributed by atoms with van der Waals surface area (Å²) in [7, 11) is 0. The monoisotopic (exact) mass is 327 g/mol. The molecule has 1 saturated heterocycles. The highest BCUT2D eigenvalue weighted by Gasteiger charge is 2.37. The molecule has 1 N–H and O–H groups in total. The summed E-state index contributed by atoms with van der Waals surface area (Å²) in [6.45, 7) is 7.17. The van der Waals surface area contributed by atoms with Gasteiger partial charge in [-0.15, -0.1) is 10.2 Å². The lowest BCUT2D eigenvalue weighted by Gasteiger charge is -2.20. The first-order chi connectivity index (χ1) is 11.5. The molecule has 3 atom stereocenters. The number of hydrogen-bond donors (Lipinski definition) is 1. The minimum absolute atomic E-state index is 0.0707. The summed E-state index contributed by atoms with van der Waals surface area (Å²) in [6.07, 6.45) is 5.13. The molecule has 2 aromatic rings. The van der Waals surface area contributed by atoms with Crippen LogP contribution in [0.1, 0.15) is 20.8 Å². The Morgan fingerprint density at radius 1 is 1.46 bits per heavy atom. The summed E-state index contributed by atoms with van der Waals surface area (Å²) in [5.41, 5.74) is 0.683. The van der Waals surface area contributed by atoms with Crippen molar-refractivity contribution < 1.29 is 4.79 Å². The fourth-order valence-electron chi connectivity index (χ4n) is 3.06. The predicted molar refractivity (Wildman–Crippen MR) is 88.0 cm³/mol. The normalized spacial score (nSPS) is 21.9. The second-order valence-corrected chi connectivity index (χ2v) is 6.66. The van der Waals surface area contributed by atoms with Gasteiger partial charge < -0.3 is 10.2 Å². The number of aromatic nitrogens is 4. The molecule has 126 valence electrons. The first-order valence-electron chi connectivity index (χ1n) is 8.10. The molecule has 2 aromatic heterocycles. The molecule has 0 bridgehead atoms. The minimum atomic E-state index is -0.461.